The minimum atomic E-state index is -1.41. The van der Waals surface area contributed by atoms with Gasteiger partial charge in [-0.2, -0.15) is 0 Å². The van der Waals surface area contributed by atoms with Crippen molar-refractivity contribution >= 4 is 11.9 Å². The monoisotopic (exact) mass is 273 g/mol. The second-order valence-corrected chi connectivity index (χ2v) is 4.77. The van der Waals surface area contributed by atoms with E-state index >= 15 is 0 Å². The predicted molar refractivity (Wildman–Crippen MR) is 58.9 cm³/mol. The van der Waals surface area contributed by atoms with Crippen LogP contribution < -0.4 is 5.11 Å². The SMILES string of the molecule is CO[C@@H]1[C@H](OC)[C@@H](OC)C[C@H]2C(=O)O[C@@H](C(=O)[O-])[C@H]12. The van der Waals surface area contributed by atoms with Gasteiger partial charge in [0.15, 0.2) is 0 Å². The van der Waals surface area contributed by atoms with E-state index < -0.39 is 42.1 Å². The number of fused-ring (bicyclic) bond motifs is 1. The van der Waals surface area contributed by atoms with Crippen LogP contribution in [-0.4, -0.2) is 57.7 Å². The maximum absolute atomic E-state index is 11.8. The molecule has 0 spiro atoms. The summed E-state index contributed by atoms with van der Waals surface area (Å²) in [5.41, 5.74) is 0. The van der Waals surface area contributed by atoms with Gasteiger partial charge in [0.25, 0.3) is 0 Å². The lowest BCUT2D eigenvalue weighted by atomic mass is 9.73. The van der Waals surface area contributed by atoms with Crippen molar-refractivity contribution in [1.82, 2.24) is 0 Å². The van der Waals surface area contributed by atoms with Crippen molar-refractivity contribution in [3.05, 3.63) is 0 Å². The van der Waals surface area contributed by atoms with Crippen LogP contribution in [0.5, 0.6) is 0 Å². The summed E-state index contributed by atoms with van der Waals surface area (Å²) in [5, 5.41) is 11.1. The molecule has 0 aromatic rings. The standard InChI is InChI=1S/C12H18O7/c1-16-6-4-5-7(9(18-3)8(6)17-2)10(11(13)14)19-12(5)15/h5-10H,4H2,1-3H3,(H,13,14)/p-1/t5-,6+,7+,8-,9+,10-/m1/s1. The Labute approximate surface area is 110 Å². The summed E-state index contributed by atoms with van der Waals surface area (Å²) in [7, 11) is 4.45. The number of carbonyl (C=O) groups is 2. The highest BCUT2D eigenvalue weighted by molar-refractivity contribution is 5.83. The molecular weight excluding hydrogens is 256 g/mol. The lowest BCUT2D eigenvalue weighted by Crippen LogP contribution is -2.56. The highest BCUT2D eigenvalue weighted by atomic mass is 16.6. The molecule has 1 saturated carbocycles. The first kappa shape index (κ1) is 14.2. The predicted octanol–water partition coefficient (Wildman–Crippen LogP) is -1.66. The fourth-order valence-corrected chi connectivity index (χ4v) is 3.14. The largest absolute Gasteiger partial charge is 0.546 e. The number of aliphatic carboxylic acids is 1. The average molecular weight is 273 g/mol. The molecule has 0 bridgehead atoms. The Bertz CT molecular complexity index is 369. The van der Waals surface area contributed by atoms with E-state index in [2.05, 4.69) is 0 Å². The van der Waals surface area contributed by atoms with Gasteiger partial charge in [0, 0.05) is 27.2 Å². The van der Waals surface area contributed by atoms with E-state index in [1.807, 2.05) is 0 Å². The lowest BCUT2D eigenvalue weighted by molar-refractivity contribution is -0.318. The minimum Gasteiger partial charge on any atom is -0.546 e. The van der Waals surface area contributed by atoms with E-state index in [-0.39, 0.29) is 6.10 Å². The third-order valence-corrected chi connectivity index (χ3v) is 4.00. The molecule has 1 aliphatic heterocycles. The van der Waals surface area contributed by atoms with E-state index in [0.717, 1.165) is 0 Å². The van der Waals surface area contributed by atoms with Crippen molar-refractivity contribution in [2.45, 2.75) is 30.8 Å². The van der Waals surface area contributed by atoms with Gasteiger partial charge in [0.2, 0.25) is 0 Å². The fraction of sp³-hybridized carbons (Fsp3) is 0.833. The van der Waals surface area contributed by atoms with Crippen LogP contribution in [-0.2, 0) is 28.5 Å². The summed E-state index contributed by atoms with van der Waals surface area (Å²) in [6.45, 7) is 0. The molecule has 0 amide bonds. The number of cyclic esters (lactones) is 1. The summed E-state index contributed by atoms with van der Waals surface area (Å²) in [6.07, 6.45) is -2.33. The van der Waals surface area contributed by atoms with Crippen LogP contribution >= 0.6 is 0 Å². The number of rotatable bonds is 4. The van der Waals surface area contributed by atoms with Gasteiger partial charge in [0.05, 0.1) is 24.1 Å². The van der Waals surface area contributed by atoms with Crippen LogP contribution in [0.2, 0.25) is 0 Å². The first-order chi connectivity index (χ1) is 9.04. The summed E-state index contributed by atoms with van der Waals surface area (Å²) < 4.78 is 20.9. The molecule has 108 valence electrons. The molecule has 0 aromatic carbocycles. The first-order valence-corrected chi connectivity index (χ1v) is 6.04. The molecule has 2 fully saturated rings. The molecule has 2 rings (SSSR count). The van der Waals surface area contributed by atoms with Crippen molar-refractivity contribution in [2.75, 3.05) is 21.3 Å². The van der Waals surface area contributed by atoms with Crippen molar-refractivity contribution in [3.8, 4) is 0 Å². The molecule has 0 aromatic heterocycles. The smallest absolute Gasteiger partial charge is 0.310 e. The van der Waals surface area contributed by atoms with Crippen molar-refractivity contribution in [3.63, 3.8) is 0 Å². The summed E-state index contributed by atoms with van der Waals surface area (Å²) in [6, 6.07) is 0. The van der Waals surface area contributed by atoms with Crippen LogP contribution in [0.1, 0.15) is 6.42 Å². The molecule has 19 heavy (non-hydrogen) atoms. The van der Waals surface area contributed by atoms with Gasteiger partial charge < -0.3 is 28.8 Å². The molecule has 0 radical (unpaired) electrons. The van der Waals surface area contributed by atoms with E-state index in [1.54, 1.807) is 0 Å². The molecule has 1 heterocycles. The number of ether oxygens (including phenoxy) is 4. The molecule has 2 aliphatic rings. The van der Waals surface area contributed by atoms with Gasteiger partial charge in [-0.3, -0.25) is 4.79 Å². The normalized spacial score (nSPS) is 41.7. The molecule has 1 saturated heterocycles. The Kier molecular flexibility index (Phi) is 4.07. The molecule has 7 nitrogen and oxygen atoms in total. The summed E-state index contributed by atoms with van der Waals surface area (Å²) in [4.78, 5) is 22.9. The second kappa shape index (κ2) is 5.44. The average Bonchev–Trinajstić information content (AvgIpc) is 2.73. The van der Waals surface area contributed by atoms with Crippen molar-refractivity contribution in [2.24, 2.45) is 11.8 Å². The number of methoxy groups -OCH3 is 3. The molecule has 6 atom stereocenters. The Morgan fingerprint density at radius 1 is 1.21 bits per heavy atom. The zero-order chi connectivity index (χ0) is 14.2. The Morgan fingerprint density at radius 3 is 2.32 bits per heavy atom. The number of hydrogen-bond donors (Lipinski definition) is 0. The van der Waals surface area contributed by atoms with Crippen molar-refractivity contribution < 1.29 is 33.6 Å². The first-order valence-electron chi connectivity index (χ1n) is 6.04. The topological polar surface area (TPSA) is 94.1 Å². The van der Waals surface area contributed by atoms with Gasteiger partial charge in [0.1, 0.15) is 12.2 Å². The molecule has 0 N–H and O–H groups in total. The third kappa shape index (κ3) is 2.22. The number of hydrogen-bond acceptors (Lipinski definition) is 7. The zero-order valence-corrected chi connectivity index (χ0v) is 11.0. The number of carbonyl (C=O) groups excluding carboxylic acids is 2. The van der Waals surface area contributed by atoms with Crippen LogP contribution in [0.15, 0.2) is 0 Å². The Balaban J connectivity index is 2.33. The Morgan fingerprint density at radius 2 is 1.84 bits per heavy atom. The van der Waals surface area contributed by atoms with Gasteiger partial charge in [-0.25, -0.2) is 0 Å². The van der Waals surface area contributed by atoms with Crippen LogP contribution in [0.3, 0.4) is 0 Å². The fourth-order valence-electron chi connectivity index (χ4n) is 3.14. The molecule has 0 unspecified atom stereocenters. The van der Waals surface area contributed by atoms with Gasteiger partial charge in [-0.1, -0.05) is 0 Å². The summed E-state index contributed by atoms with van der Waals surface area (Å²) >= 11 is 0. The maximum atomic E-state index is 11.8. The number of esters is 1. The summed E-state index contributed by atoms with van der Waals surface area (Å²) in [5.74, 6) is -3.13. The molecule has 7 heteroatoms. The minimum absolute atomic E-state index is 0.343. The van der Waals surface area contributed by atoms with Crippen LogP contribution in [0.4, 0.5) is 0 Å². The van der Waals surface area contributed by atoms with Crippen LogP contribution in [0.25, 0.3) is 0 Å². The van der Waals surface area contributed by atoms with Crippen LogP contribution in [0, 0.1) is 11.8 Å². The highest BCUT2D eigenvalue weighted by Gasteiger charge is 2.57. The van der Waals surface area contributed by atoms with E-state index in [9.17, 15) is 14.7 Å². The van der Waals surface area contributed by atoms with Gasteiger partial charge in [-0.05, 0) is 6.42 Å². The third-order valence-electron chi connectivity index (χ3n) is 4.00. The Hall–Kier alpha value is -1.18. The van der Waals surface area contributed by atoms with E-state index in [1.165, 1.54) is 21.3 Å². The van der Waals surface area contributed by atoms with Gasteiger partial charge in [-0.15, -0.1) is 0 Å². The molecular formula is C12H17O7-. The number of carboxylic acids is 1. The second-order valence-electron chi connectivity index (χ2n) is 4.77. The van der Waals surface area contributed by atoms with E-state index in [0.29, 0.717) is 6.42 Å². The maximum Gasteiger partial charge on any atom is 0.310 e. The highest BCUT2D eigenvalue weighted by Crippen LogP contribution is 2.42. The van der Waals surface area contributed by atoms with Gasteiger partial charge >= 0.3 is 5.97 Å². The molecule has 1 aliphatic carbocycles. The van der Waals surface area contributed by atoms with E-state index in [4.69, 9.17) is 18.9 Å². The lowest BCUT2D eigenvalue weighted by Gasteiger charge is -2.42. The quantitative estimate of drug-likeness (QED) is 0.566. The zero-order valence-electron chi connectivity index (χ0n) is 11.0. The number of carboxylic acid groups (broad SMARTS) is 1. The van der Waals surface area contributed by atoms with Crippen molar-refractivity contribution in [1.29, 1.82) is 0 Å².